The molecule has 1 aliphatic carbocycles. The Morgan fingerprint density at radius 3 is 1.97 bits per heavy atom. The predicted molar refractivity (Wildman–Crippen MR) is 118 cm³/mol. The van der Waals surface area contributed by atoms with Crippen LogP contribution in [0.3, 0.4) is 0 Å². The fraction of sp³-hybridized carbons (Fsp3) is 0.227. The first kappa shape index (κ1) is 19.7. The van der Waals surface area contributed by atoms with Gasteiger partial charge >= 0.3 is 0 Å². The van der Waals surface area contributed by atoms with Gasteiger partial charge in [0.2, 0.25) is 5.95 Å². The van der Waals surface area contributed by atoms with E-state index in [2.05, 4.69) is 34.4 Å². The van der Waals surface area contributed by atoms with Gasteiger partial charge in [0.05, 0.1) is 11.3 Å². The van der Waals surface area contributed by atoms with Crippen molar-refractivity contribution in [3.63, 3.8) is 0 Å². The zero-order chi connectivity index (χ0) is 20.6. The third-order valence-corrected chi connectivity index (χ3v) is 5.26. The molecule has 148 valence electrons. The van der Waals surface area contributed by atoms with E-state index in [1.807, 2.05) is 24.3 Å². The van der Waals surface area contributed by atoms with E-state index in [9.17, 15) is 4.79 Å². The minimum atomic E-state index is -0.145. The van der Waals surface area contributed by atoms with Gasteiger partial charge in [0, 0.05) is 27.8 Å². The summed E-state index contributed by atoms with van der Waals surface area (Å²) < 4.78 is 0. The van der Waals surface area contributed by atoms with Gasteiger partial charge in [0.1, 0.15) is 5.82 Å². The number of anilines is 4. The molecule has 0 saturated heterocycles. The average Bonchev–Trinajstić information content (AvgIpc) is 2.64. The van der Waals surface area contributed by atoms with Crippen LogP contribution in [0.2, 0.25) is 10.0 Å². The molecule has 3 aromatic rings. The number of carbonyl (C=O) groups is 1. The molecule has 0 spiro atoms. The largest absolute Gasteiger partial charge is 0.339 e. The highest BCUT2D eigenvalue weighted by atomic mass is 35.5. The first-order chi connectivity index (χ1) is 13.8. The van der Waals surface area contributed by atoms with Crippen LogP contribution in [0.5, 0.6) is 0 Å². The first-order valence-electron chi connectivity index (χ1n) is 9.28. The molecule has 1 heterocycles. The molecular weight excluding hydrogens is 407 g/mol. The standard InChI is InChI=1S/C22H20Cl2N4O/c1-22(2)11-17-19(18(29)12-22)20(25-15-7-3-13(23)4-8-15)28-21(27-17)26-16-9-5-14(24)6-10-16/h3-10H,11-12H2,1-2H3,(H2,25,26,27,28). The lowest BCUT2D eigenvalue weighted by atomic mass is 9.75. The average molecular weight is 427 g/mol. The molecular formula is C22H20Cl2N4O. The minimum absolute atomic E-state index is 0.0470. The van der Waals surface area contributed by atoms with Crippen LogP contribution in [0, 0.1) is 5.41 Å². The van der Waals surface area contributed by atoms with Crippen LogP contribution in [0.25, 0.3) is 0 Å². The highest BCUT2D eigenvalue weighted by Crippen LogP contribution is 2.38. The Labute approximate surface area is 179 Å². The number of nitrogens with zero attached hydrogens (tertiary/aromatic N) is 2. The Kier molecular flexibility index (Phi) is 5.19. The molecule has 0 bridgehead atoms. The van der Waals surface area contributed by atoms with Gasteiger partial charge in [-0.1, -0.05) is 37.0 Å². The van der Waals surface area contributed by atoms with Gasteiger partial charge in [0.15, 0.2) is 5.78 Å². The van der Waals surface area contributed by atoms with E-state index in [-0.39, 0.29) is 11.2 Å². The molecule has 0 radical (unpaired) electrons. The molecule has 0 atom stereocenters. The van der Waals surface area contributed by atoms with Crippen LogP contribution in [0.15, 0.2) is 48.5 Å². The number of hydrogen-bond acceptors (Lipinski definition) is 5. The fourth-order valence-corrected chi connectivity index (χ4v) is 3.70. The van der Waals surface area contributed by atoms with Gasteiger partial charge < -0.3 is 10.6 Å². The minimum Gasteiger partial charge on any atom is -0.339 e. The molecule has 7 heteroatoms. The number of benzene rings is 2. The molecule has 1 aromatic heterocycles. The maximum Gasteiger partial charge on any atom is 0.229 e. The van der Waals surface area contributed by atoms with Crippen LogP contribution in [-0.2, 0) is 6.42 Å². The quantitative estimate of drug-likeness (QED) is 0.503. The van der Waals surface area contributed by atoms with E-state index in [4.69, 9.17) is 23.2 Å². The summed E-state index contributed by atoms with van der Waals surface area (Å²) >= 11 is 12.0. The summed E-state index contributed by atoms with van der Waals surface area (Å²) in [5, 5.41) is 7.76. The molecule has 0 unspecified atom stereocenters. The molecule has 0 amide bonds. The van der Waals surface area contributed by atoms with Crippen LogP contribution in [-0.4, -0.2) is 15.8 Å². The summed E-state index contributed by atoms with van der Waals surface area (Å²) in [6.45, 7) is 4.16. The van der Waals surface area contributed by atoms with Gasteiger partial charge in [0.25, 0.3) is 0 Å². The molecule has 0 saturated carbocycles. The third kappa shape index (κ3) is 4.52. The summed E-state index contributed by atoms with van der Waals surface area (Å²) in [5.41, 5.74) is 2.77. The van der Waals surface area contributed by atoms with Crippen molar-refractivity contribution in [2.75, 3.05) is 10.6 Å². The highest BCUT2D eigenvalue weighted by molar-refractivity contribution is 6.30. The smallest absolute Gasteiger partial charge is 0.229 e. The Balaban J connectivity index is 1.75. The van der Waals surface area contributed by atoms with Crippen molar-refractivity contribution in [1.29, 1.82) is 0 Å². The topological polar surface area (TPSA) is 66.9 Å². The number of halogens is 2. The SMILES string of the molecule is CC1(C)CC(=O)c2c(nc(Nc3ccc(Cl)cc3)nc2Nc2ccc(Cl)cc2)C1. The number of rotatable bonds is 4. The maximum atomic E-state index is 12.9. The zero-order valence-corrected chi connectivity index (χ0v) is 17.6. The lowest BCUT2D eigenvalue weighted by Gasteiger charge is -2.30. The second-order valence-corrected chi connectivity index (χ2v) is 8.80. The second kappa shape index (κ2) is 7.65. The van der Waals surface area contributed by atoms with Crippen molar-refractivity contribution in [2.45, 2.75) is 26.7 Å². The predicted octanol–water partition coefficient (Wildman–Crippen LogP) is 6.43. The molecule has 29 heavy (non-hydrogen) atoms. The van der Waals surface area contributed by atoms with Crippen LogP contribution in [0.4, 0.5) is 23.1 Å². The molecule has 4 rings (SSSR count). The fourth-order valence-electron chi connectivity index (χ4n) is 3.45. The van der Waals surface area contributed by atoms with Crippen molar-refractivity contribution in [3.05, 3.63) is 69.8 Å². The van der Waals surface area contributed by atoms with Crippen molar-refractivity contribution in [3.8, 4) is 0 Å². The maximum absolute atomic E-state index is 12.9. The molecule has 0 fully saturated rings. The van der Waals surface area contributed by atoms with Crippen LogP contribution < -0.4 is 10.6 Å². The lowest BCUT2D eigenvalue weighted by Crippen LogP contribution is -2.29. The number of ketones is 1. The first-order valence-corrected chi connectivity index (χ1v) is 10.0. The molecule has 1 aliphatic rings. The van der Waals surface area contributed by atoms with E-state index in [1.54, 1.807) is 24.3 Å². The van der Waals surface area contributed by atoms with Crippen molar-refractivity contribution in [2.24, 2.45) is 5.41 Å². The number of carbonyl (C=O) groups excluding carboxylic acids is 1. The van der Waals surface area contributed by atoms with Crippen LogP contribution in [0.1, 0.15) is 36.3 Å². The number of nitrogens with one attached hydrogen (secondary N) is 2. The van der Waals surface area contributed by atoms with Crippen molar-refractivity contribution in [1.82, 2.24) is 9.97 Å². The molecule has 2 N–H and O–H groups in total. The van der Waals surface area contributed by atoms with Crippen molar-refractivity contribution < 1.29 is 4.79 Å². The second-order valence-electron chi connectivity index (χ2n) is 7.92. The normalized spacial score (nSPS) is 15.0. The zero-order valence-electron chi connectivity index (χ0n) is 16.1. The number of aromatic nitrogens is 2. The summed E-state index contributed by atoms with van der Waals surface area (Å²) in [5.74, 6) is 0.966. The van der Waals surface area contributed by atoms with Gasteiger partial charge in [-0.25, -0.2) is 4.98 Å². The van der Waals surface area contributed by atoms with Gasteiger partial charge in [-0.2, -0.15) is 4.98 Å². The Morgan fingerprint density at radius 1 is 0.828 bits per heavy atom. The summed E-state index contributed by atoms with van der Waals surface area (Å²) in [7, 11) is 0. The lowest BCUT2D eigenvalue weighted by molar-refractivity contribution is 0.0911. The van der Waals surface area contributed by atoms with E-state index in [1.165, 1.54) is 0 Å². The third-order valence-electron chi connectivity index (χ3n) is 4.76. The summed E-state index contributed by atoms with van der Waals surface area (Å²) in [6, 6.07) is 14.6. The van der Waals surface area contributed by atoms with E-state index in [0.29, 0.717) is 40.2 Å². The Hall–Kier alpha value is -2.63. The summed E-state index contributed by atoms with van der Waals surface area (Å²) in [4.78, 5) is 22.2. The molecule has 0 aliphatic heterocycles. The molecule has 2 aromatic carbocycles. The van der Waals surface area contributed by atoms with Gasteiger partial charge in [-0.15, -0.1) is 0 Å². The number of fused-ring (bicyclic) bond motifs is 1. The molecule has 5 nitrogen and oxygen atoms in total. The van der Waals surface area contributed by atoms with Gasteiger partial charge in [-0.3, -0.25) is 4.79 Å². The number of hydrogen-bond donors (Lipinski definition) is 2. The highest BCUT2D eigenvalue weighted by Gasteiger charge is 2.35. The monoisotopic (exact) mass is 426 g/mol. The Bertz CT molecular complexity index is 1060. The van der Waals surface area contributed by atoms with Crippen molar-refractivity contribution >= 4 is 52.1 Å². The van der Waals surface area contributed by atoms with Crippen LogP contribution >= 0.6 is 23.2 Å². The Morgan fingerprint density at radius 2 is 1.38 bits per heavy atom. The number of Topliss-reactive ketones (excluding diaryl/α,β-unsaturated/α-hetero) is 1. The van der Waals surface area contributed by atoms with E-state index >= 15 is 0 Å². The van der Waals surface area contributed by atoms with E-state index < -0.39 is 0 Å². The van der Waals surface area contributed by atoms with E-state index in [0.717, 1.165) is 17.1 Å². The van der Waals surface area contributed by atoms with Gasteiger partial charge in [-0.05, 0) is 60.4 Å². The summed E-state index contributed by atoms with van der Waals surface area (Å²) in [6.07, 6.45) is 1.16.